The standard InChI is InChI=1S/C12H12BrN3O2/c1-17-9-4-2-8(3-5-9)6-18-12-10(13)11(14)15-7-16-12/h2-5,7H,6H2,1H3,(H2,14,15,16). The molecule has 94 valence electrons. The van der Waals surface area contributed by atoms with Gasteiger partial charge < -0.3 is 15.2 Å². The molecule has 0 unspecified atom stereocenters. The van der Waals surface area contributed by atoms with E-state index in [0.717, 1.165) is 11.3 Å². The summed E-state index contributed by atoms with van der Waals surface area (Å²) in [6.07, 6.45) is 1.36. The van der Waals surface area contributed by atoms with Gasteiger partial charge in [-0.1, -0.05) is 12.1 Å². The summed E-state index contributed by atoms with van der Waals surface area (Å²) in [4.78, 5) is 7.84. The van der Waals surface area contributed by atoms with Crippen LogP contribution in [0.4, 0.5) is 5.82 Å². The summed E-state index contributed by atoms with van der Waals surface area (Å²) in [5.74, 6) is 1.60. The molecule has 0 atom stereocenters. The Morgan fingerprint density at radius 1 is 1.22 bits per heavy atom. The SMILES string of the molecule is COc1ccc(COc2ncnc(N)c2Br)cc1. The van der Waals surface area contributed by atoms with Crippen LogP contribution in [0.2, 0.25) is 0 Å². The second kappa shape index (κ2) is 5.68. The lowest BCUT2D eigenvalue weighted by atomic mass is 10.2. The van der Waals surface area contributed by atoms with E-state index in [9.17, 15) is 0 Å². The molecule has 0 aliphatic heterocycles. The summed E-state index contributed by atoms with van der Waals surface area (Å²) < 4.78 is 11.2. The van der Waals surface area contributed by atoms with Gasteiger partial charge in [0.2, 0.25) is 5.88 Å². The van der Waals surface area contributed by atoms with Crippen LogP contribution in [0.1, 0.15) is 5.56 Å². The normalized spacial score (nSPS) is 10.1. The fourth-order valence-corrected chi connectivity index (χ4v) is 1.66. The Morgan fingerprint density at radius 2 is 1.94 bits per heavy atom. The van der Waals surface area contributed by atoms with E-state index in [0.29, 0.717) is 22.8 Å². The predicted molar refractivity (Wildman–Crippen MR) is 71.5 cm³/mol. The minimum absolute atomic E-state index is 0.356. The molecular formula is C12H12BrN3O2. The van der Waals surface area contributed by atoms with Gasteiger partial charge in [0.05, 0.1) is 7.11 Å². The molecule has 0 fully saturated rings. The van der Waals surface area contributed by atoms with Gasteiger partial charge in [-0.15, -0.1) is 0 Å². The van der Waals surface area contributed by atoms with E-state index in [-0.39, 0.29) is 0 Å². The van der Waals surface area contributed by atoms with Crippen molar-refractivity contribution in [2.24, 2.45) is 0 Å². The molecule has 2 aromatic rings. The number of ether oxygens (including phenoxy) is 2. The van der Waals surface area contributed by atoms with Gasteiger partial charge in [-0.3, -0.25) is 0 Å². The number of methoxy groups -OCH3 is 1. The monoisotopic (exact) mass is 309 g/mol. The number of hydrogen-bond acceptors (Lipinski definition) is 5. The second-order valence-corrected chi connectivity index (χ2v) is 4.31. The van der Waals surface area contributed by atoms with E-state index >= 15 is 0 Å². The van der Waals surface area contributed by atoms with E-state index in [4.69, 9.17) is 15.2 Å². The molecule has 0 aliphatic rings. The molecule has 0 spiro atoms. The highest BCUT2D eigenvalue weighted by Crippen LogP contribution is 2.26. The molecule has 18 heavy (non-hydrogen) atoms. The van der Waals surface area contributed by atoms with Crippen molar-refractivity contribution < 1.29 is 9.47 Å². The lowest BCUT2D eigenvalue weighted by molar-refractivity contribution is 0.291. The molecule has 0 amide bonds. The Morgan fingerprint density at radius 3 is 2.61 bits per heavy atom. The average Bonchev–Trinajstić information content (AvgIpc) is 2.41. The van der Waals surface area contributed by atoms with Crippen molar-refractivity contribution >= 4 is 21.7 Å². The van der Waals surface area contributed by atoms with Crippen LogP contribution in [-0.4, -0.2) is 17.1 Å². The topological polar surface area (TPSA) is 70.3 Å². The molecule has 6 heteroatoms. The van der Waals surface area contributed by atoms with Gasteiger partial charge in [-0.05, 0) is 33.6 Å². The molecule has 0 saturated heterocycles. The fraction of sp³-hybridized carbons (Fsp3) is 0.167. The van der Waals surface area contributed by atoms with Crippen molar-refractivity contribution in [3.05, 3.63) is 40.6 Å². The van der Waals surface area contributed by atoms with Gasteiger partial charge >= 0.3 is 0 Å². The van der Waals surface area contributed by atoms with Gasteiger partial charge in [0.25, 0.3) is 0 Å². The molecule has 1 heterocycles. The summed E-state index contributed by atoms with van der Waals surface area (Å²) >= 11 is 3.28. The zero-order chi connectivity index (χ0) is 13.0. The van der Waals surface area contributed by atoms with Crippen molar-refractivity contribution in [1.29, 1.82) is 0 Å². The van der Waals surface area contributed by atoms with Crippen LogP contribution in [0, 0.1) is 0 Å². The lowest BCUT2D eigenvalue weighted by Crippen LogP contribution is -2.01. The summed E-state index contributed by atoms with van der Waals surface area (Å²) in [6, 6.07) is 7.61. The number of halogens is 1. The quantitative estimate of drug-likeness (QED) is 0.939. The minimum Gasteiger partial charge on any atom is -0.497 e. The highest BCUT2D eigenvalue weighted by Gasteiger charge is 2.07. The third-order valence-corrected chi connectivity index (χ3v) is 3.06. The van der Waals surface area contributed by atoms with Gasteiger partial charge in [-0.2, -0.15) is 0 Å². The van der Waals surface area contributed by atoms with Crippen LogP contribution in [0.5, 0.6) is 11.6 Å². The maximum Gasteiger partial charge on any atom is 0.233 e. The van der Waals surface area contributed by atoms with E-state index < -0.39 is 0 Å². The van der Waals surface area contributed by atoms with Crippen molar-refractivity contribution in [2.45, 2.75) is 6.61 Å². The number of hydrogen-bond donors (Lipinski definition) is 1. The first kappa shape index (κ1) is 12.6. The van der Waals surface area contributed by atoms with Crippen molar-refractivity contribution in [3.8, 4) is 11.6 Å². The lowest BCUT2D eigenvalue weighted by Gasteiger charge is -2.08. The number of benzene rings is 1. The van der Waals surface area contributed by atoms with Crippen LogP contribution < -0.4 is 15.2 Å². The molecule has 2 rings (SSSR count). The zero-order valence-corrected chi connectivity index (χ0v) is 11.3. The smallest absolute Gasteiger partial charge is 0.233 e. The summed E-state index contributed by atoms with van der Waals surface area (Å²) in [7, 11) is 1.63. The predicted octanol–water partition coefficient (Wildman–Crippen LogP) is 2.41. The number of rotatable bonds is 4. The maximum absolute atomic E-state index is 5.63. The van der Waals surface area contributed by atoms with Crippen LogP contribution >= 0.6 is 15.9 Å². The Balaban J connectivity index is 2.04. The number of anilines is 1. The minimum atomic E-state index is 0.356. The zero-order valence-electron chi connectivity index (χ0n) is 9.76. The Labute approximate surface area is 113 Å². The first-order chi connectivity index (χ1) is 8.70. The number of nitrogens with zero attached hydrogens (tertiary/aromatic N) is 2. The third kappa shape index (κ3) is 2.89. The third-order valence-electron chi connectivity index (χ3n) is 2.32. The highest BCUT2D eigenvalue weighted by atomic mass is 79.9. The van der Waals surface area contributed by atoms with Crippen molar-refractivity contribution in [2.75, 3.05) is 12.8 Å². The summed E-state index contributed by atoms with van der Waals surface area (Å²) in [6.45, 7) is 0.402. The Bertz CT molecular complexity index is 531. The summed E-state index contributed by atoms with van der Waals surface area (Å²) in [5.41, 5.74) is 6.65. The van der Waals surface area contributed by atoms with E-state index in [1.54, 1.807) is 7.11 Å². The van der Waals surface area contributed by atoms with E-state index in [1.807, 2.05) is 24.3 Å². The number of nitrogen functional groups attached to an aromatic ring is 1. The Kier molecular flexibility index (Phi) is 3.99. The van der Waals surface area contributed by atoms with Gasteiger partial charge in [-0.25, -0.2) is 9.97 Å². The average molecular weight is 310 g/mol. The largest absolute Gasteiger partial charge is 0.497 e. The maximum atomic E-state index is 5.63. The summed E-state index contributed by atoms with van der Waals surface area (Å²) in [5, 5.41) is 0. The fourth-order valence-electron chi connectivity index (χ4n) is 1.34. The van der Waals surface area contributed by atoms with Crippen LogP contribution in [0.3, 0.4) is 0 Å². The van der Waals surface area contributed by atoms with Crippen molar-refractivity contribution in [3.63, 3.8) is 0 Å². The van der Waals surface area contributed by atoms with Gasteiger partial charge in [0, 0.05) is 0 Å². The Hall–Kier alpha value is -1.82. The molecule has 1 aromatic carbocycles. The van der Waals surface area contributed by atoms with Gasteiger partial charge in [0.15, 0.2) is 0 Å². The second-order valence-electron chi connectivity index (χ2n) is 3.51. The number of nitrogens with two attached hydrogens (primary N) is 1. The van der Waals surface area contributed by atoms with E-state index in [1.165, 1.54) is 6.33 Å². The molecule has 2 N–H and O–H groups in total. The molecule has 0 aliphatic carbocycles. The highest BCUT2D eigenvalue weighted by molar-refractivity contribution is 9.10. The molecule has 5 nitrogen and oxygen atoms in total. The van der Waals surface area contributed by atoms with Gasteiger partial charge in [0.1, 0.15) is 29.0 Å². The van der Waals surface area contributed by atoms with Crippen LogP contribution in [0.15, 0.2) is 35.1 Å². The first-order valence-electron chi connectivity index (χ1n) is 5.22. The first-order valence-corrected chi connectivity index (χ1v) is 6.01. The number of aromatic nitrogens is 2. The van der Waals surface area contributed by atoms with Crippen LogP contribution in [0.25, 0.3) is 0 Å². The molecular weight excluding hydrogens is 298 g/mol. The molecule has 0 radical (unpaired) electrons. The molecule has 0 saturated carbocycles. The molecule has 1 aromatic heterocycles. The van der Waals surface area contributed by atoms with Crippen LogP contribution in [-0.2, 0) is 6.61 Å². The van der Waals surface area contributed by atoms with Crippen molar-refractivity contribution in [1.82, 2.24) is 9.97 Å². The van der Waals surface area contributed by atoms with E-state index in [2.05, 4.69) is 25.9 Å². The molecule has 0 bridgehead atoms.